The Balaban J connectivity index is 2.10. The Labute approximate surface area is 175 Å². The molecule has 2 unspecified atom stereocenters. The summed E-state index contributed by atoms with van der Waals surface area (Å²) in [5.41, 5.74) is 7.44. The number of rotatable bonds is 8. The van der Waals surface area contributed by atoms with Crippen molar-refractivity contribution >= 4 is 5.82 Å². The Morgan fingerprint density at radius 1 is 1.43 bits per heavy atom. The summed E-state index contributed by atoms with van der Waals surface area (Å²) in [6.45, 7) is 8.07. The molecule has 1 aliphatic carbocycles. The summed E-state index contributed by atoms with van der Waals surface area (Å²) >= 11 is 0. The maximum atomic E-state index is 8.56. The first-order valence-electron chi connectivity index (χ1n) is 12.2. The van der Waals surface area contributed by atoms with Gasteiger partial charge >= 0.3 is 0 Å². The van der Waals surface area contributed by atoms with Gasteiger partial charge in [-0.15, -0.1) is 0 Å². The van der Waals surface area contributed by atoms with Crippen LogP contribution in [0.15, 0.2) is 18.7 Å². The van der Waals surface area contributed by atoms with Gasteiger partial charge in [0, 0.05) is 47.6 Å². The maximum absolute atomic E-state index is 8.56. The SMILES string of the molecule is [2H]C1([2H])C([C@@H](C[N+]#[C-])n2cc(-c3ncnc(N)c3CC(OC)OC)cn2)C([2H])([2H])C([2H])(C)C1([2H])[2H]. The lowest BCUT2D eigenvalue weighted by atomic mass is 9.97. The number of nitrogens with zero attached hydrogens (tertiary/aromatic N) is 5. The molecular formula is C20H28N6O2. The van der Waals surface area contributed by atoms with Crippen LogP contribution in [0.3, 0.4) is 0 Å². The third-order valence-corrected chi connectivity index (χ3v) is 4.54. The zero-order valence-electron chi connectivity index (χ0n) is 23.0. The highest BCUT2D eigenvalue weighted by Crippen LogP contribution is 2.38. The number of nitrogen functional groups attached to an aromatic ring is 1. The van der Waals surface area contributed by atoms with Crippen LogP contribution in [-0.2, 0) is 15.9 Å². The molecule has 8 nitrogen and oxygen atoms in total. The fourth-order valence-electron chi connectivity index (χ4n) is 3.07. The second-order valence-corrected chi connectivity index (χ2v) is 6.32. The average Bonchev–Trinajstić information content (AvgIpc) is 3.28. The molecule has 150 valence electrons. The normalized spacial score (nSPS) is 32.1. The number of nitrogens with two attached hydrogens (primary N) is 1. The van der Waals surface area contributed by atoms with E-state index in [1.165, 1.54) is 37.6 Å². The molecule has 3 atom stereocenters. The first kappa shape index (κ1) is 12.9. The predicted octanol–water partition coefficient (Wildman–Crippen LogP) is 2.98. The van der Waals surface area contributed by atoms with Crippen LogP contribution in [0.25, 0.3) is 16.1 Å². The van der Waals surface area contributed by atoms with Crippen LogP contribution in [0.1, 0.15) is 47.2 Å². The molecule has 1 aliphatic rings. The molecule has 0 amide bonds. The number of aromatic nitrogens is 4. The van der Waals surface area contributed by atoms with Gasteiger partial charge in [-0.25, -0.2) is 16.5 Å². The van der Waals surface area contributed by atoms with Crippen molar-refractivity contribution < 1.29 is 19.1 Å². The van der Waals surface area contributed by atoms with Crippen LogP contribution < -0.4 is 5.73 Å². The van der Waals surface area contributed by atoms with E-state index in [9.17, 15) is 0 Å². The monoisotopic (exact) mass is 391 g/mol. The highest BCUT2D eigenvalue weighted by Gasteiger charge is 2.32. The van der Waals surface area contributed by atoms with Gasteiger partial charge in [0.25, 0.3) is 0 Å². The van der Waals surface area contributed by atoms with Gasteiger partial charge in [0.2, 0.25) is 6.54 Å². The van der Waals surface area contributed by atoms with E-state index in [2.05, 4.69) is 19.9 Å². The second-order valence-electron chi connectivity index (χ2n) is 6.32. The van der Waals surface area contributed by atoms with E-state index in [4.69, 9.17) is 31.4 Å². The standard InChI is InChI=1S/C20H28N6O2/c1-13-5-6-14(7-13)17(10-22-2)26-11-15(9-25-26)19-16(8-18(27-3)28-4)20(21)24-12-23-19/h9,11-14,17-18H,5-8,10H2,1,3-4H3,(H2,21,23,24)/t13?,14?,17-/m1/s1/i5D2,6D2,7D2,13D. The van der Waals surface area contributed by atoms with Gasteiger partial charge in [-0.2, -0.15) is 5.10 Å². The van der Waals surface area contributed by atoms with Crippen LogP contribution >= 0.6 is 0 Å². The van der Waals surface area contributed by atoms with Crippen LogP contribution in [0.5, 0.6) is 0 Å². The van der Waals surface area contributed by atoms with Crippen molar-refractivity contribution in [2.45, 2.75) is 44.8 Å². The van der Waals surface area contributed by atoms with E-state index in [1.807, 2.05) is 0 Å². The van der Waals surface area contributed by atoms with E-state index in [-0.39, 0.29) is 18.8 Å². The van der Waals surface area contributed by atoms with Crippen molar-refractivity contribution in [3.8, 4) is 11.3 Å². The third kappa shape index (κ3) is 4.32. The predicted molar refractivity (Wildman–Crippen MR) is 106 cm³/mol. The molecule has 2 heterocycles. The van der Waals surface area contributed by atoms with E-state index in [1.54, 1.807) is 0 Å². The first-order valence-corrected chi connectivity index (χ1v) is 8.71. The molecule has 1 fully saturated rings. The van der Waals surface area contributed by atoms with E-state index < -0.39 is 43.3 Å². The number of anilines is 1. The van der Waals surface area contributed by atoms with Crippen LogP contribution in [0.4, 0.5) is 5.82 Å². The second kappa shape index (κ2) is 9.13. The van der Waals surface area contributed by atoms with E-state index >= 15 is 0 Å². The third-order valence-electron chi connectivity index (χ3n) is 4.54. The Morgan fingerprint density at radius 3 is 2.86 bits per heavy atom. The highest BCUT2D eigenvalue weighted by molar-refractivity contribution is 5.66. The molecule has 0 aromatic carbocycles. The summed E-state index contributed by atoms with van der Waals surface area (Å²) in [5, 5.41) is 4.27. The molecule has 3 rings (SSSR count). The van der Waals surface area contributed by atoms with Crippen molar-refractivity contribution in [1.82, 2.24) is 19.7 Å². The lowest BCUT2D eigenvalue weighted by Crippen LogP contribution is -2.20. The molecule has 0 spiro atoms. The fraction of sp³-hybridized carbons (Fsp3) is 0.600. The smallest absolute Gasteiger partial charge is 0.237 e. The van der Waals surface area contributed by atoms with Crippen LogP contribution in [0.2, 0.25) is 0 Å². The van der Waals surface area contributed by atoms with E-state index in [0.29, 0.717) is 16.8 Å². The lowest BCUT2D eigenvalue weighted by molar-refractivity contribution is -0.100. The lowest BCUT2D eigenvalue weighted by Gasteiger charge is -2.19. The van der Waals surface area contributed by atoms with Gasteiger partial charge in [-0.1, -0.05) is 13.3 Å². The molecule has 2 aromatic heterocycles. The summed E-state index contributed by atoms with van der Waals surface area (Å²) in [7, 11) is 2.95. The zero-order chi connectivity index (χ0) is 26.4. The summed E-state index contributed by atoms with van der Waals surface area (Å²) in [6.07, 6.45) is -4.43. The molecule has 0 radical (unpaired) electrons. The minimum atomic E-state index is -2.83. The van der Waals surface area contributed by atoms with Gasteiger partial charge in [0.05, 0.1) is 11.9 Å². The summed E-state index contributed by atoms with van der Waals surface area (Å²) < 4.78 is 70.8. The van der Waals surface area contributed by atoms with Crippen molar-refractivity contribution in [3.05, 3.63) is 35.7 Å². The van der Waals surface area contributed by atoms with Gasteiger partial charge in [0.1, 0.15) is 18.2 Å². The van der Waals surface area contributed by atoms with Crippen molar-refractivity contribution in [1.29, 1.82) is 0 Å². The van der Waals surface area contributed by atoms with Crippen LogP contribution in [-0.4, -0.2) is 46.8 Å². The van der Waals surface area contributed by atoms with Gasteiger partial charge < -0.3 is 20.1 Å². The van der Waals surface area contributed by atoms with Gasteiger partial charge in [-0.05, 0) is 24.6 Å². The fourth-order valence-corrected chi connectivity index (χ4v) is 3.07. The Bertz CT molecular complexity index is 1090. The minimum Gasteiger partial charge on any atom is -0.383 e. The molecule has 28 heavy (non-hydrogen) atoms. The van der Waals surface area contributed by atoms with Crippen molar-refractivity contribution in [3.63, 3.8) is 0 Å². The topological polar surface area (TPSA) is 92.4 Å². The van der Waals surface area contributed by atoms with E-state index in [0.717, 1.165) is 6.92 Å². The Hall–Kier alpha value is -2.50. The Morgan fingerprint density at radius 2 is 2.21 bits per heavy atom. The maximum Gasteiger partial charge on any atom is 0.237 e. The average molecular weight is 392 g/mol. The number of hydrogen-bond donors (Lipinski definition) is 1. The molecule has 1 saturated carbocycles. The van der Waals surface area contributed by atoms with Crippen molar-refractivity contribution in [2.24, 2.45) is 11.8 Å². The molecule has 0 bridgehead atoms. The summed E-state index contributed by atoms with van der Waals surface area (Å²) in [6, 6.07) is -1.19. The molecule has 2 aromatic rings. The summed E-state index contributed by atoms with van der Waals surface area (Å²) in [4.78, 5) is 11.7. The van der Waals surface area contributed by atoms with Crippen molar-refractivity contribution in [2.75, 3.05) is 26.5 Å². The number of ether oxygens (including phenoxy) is 2. The zero-order valence-corrected chi connectivity index (χ0v) is 16.0. The van der Waals surface area contributed by atoms with Gasteiger partial charge in [-0.3, -0.25) is 4.68 Å². The molecule has 0 aliphatic heterocycles. The molecule has 2 N–H and O–H groups in total. The Kier molecular flexibility index (Phi) is 4.19. The highest BCUT2D eigenvalue weighted by atomic mass is 16.7. The number of methoxy groups -OCH3 is 2. The first-order chi connectivity index (χ1) is 16.2. The molecule has 8 heteroatoms. The largest absolute Gasteiger partial charge is 0.383 e. The summed E-state index contributed by atoms with van der Waals surface area (Å²) in [5.74, 6) is -3.88. The van der Waals surface area contributed by atoms with Gasteiger partial charge in [0.15, 0.2) is 6.29 Å². The van der Waals surface area contributed by atoms with Crippen LogP contribution in [0, 0.1) is 18.4 Å². The molecular weight excluding hydrogens is 356 g/mol. The number of hydrogen-bond acceptors (Lipinski definition) is 6. The molecule has 0 saturated heterocycles. The minimum absolute atomic E-state index is 0.196. The quantitative estimate of drug-likeness (QED) is 0.549.